The van der Waals surface area contributed by atoms with Gasteiger partial charge >= 0.3 is 6.18 Å². The summed E-state index contributed by atoms with van der Waals surface area (Å²) in [5.41, 5.74) is 7.89. The molecule has 1 fully saturated rings. The molecule has 11 heteroatoms. The van der Waals surface area contributed by atoms with E-state index in [1.165, 1.54) is 17.2 Å². The highest BCUT2D eigenvalue weighted by Crippen LogP contribution is 2.39. The van der Waals surface area contributed by atoms with E-state index in [0.717, 1.165) is 21.6 Å². The molecule has 1 aromatic carbocycles. The third-order valence-corrected chi connectivity index (χ3v) is 6.81. The molecule has 34 heavy (non-hydrogen) atoms. The Morgan fingerprint density at radius 1 is 1.15 bits per heavy atom. The van der Waals surface area contributed by atoms with Crippen molar-refractivity contribution in [2.75, 3.05) is 18.8 Å². The third kappa shape index (κ3) is 4.59. The lowest BCUT2D eigenvalue weighted by molar-refractivity contribution is -0.183. The summed E-state index contributed by atoms with van der Waals surface area (Å²) in [6.07, 6.45) is -2.41. The number of hydrogen-bond donors (Lipinski definition) is 1. The normalized spacial score (nSPS) is 17.9. The van der Waals surface area contributed by atoms with E-state index in [1.807, 2.05) is 30.3 Å². The predicted molar refractivity (Wildman–Crippen MR) is 130 cm³/mol. The van der Waals surface area contributed by atoms with Gasteiger partial charge in [0, 0.05) is 35.6 Å². The van der Waals surface area contributed by atoms with Crippen LogP contribution in [0.3, 0.4) is 0 Å². The molecule has 2 N–H and O–H groups in total. The average Bonchev–Trinajstić information content (AvgIpc) is 3.39. The molecule has 0 saturated carbocycles. The minimum absolute atomic E-state index is 0. The van der Waals surface area contributed by atoms with Crippen LogP contribution in [0.5, 0.6) is 0 Å². The Bertz CT molecular complexity index is 1310. The van der Waals surface area contributed by atoms with Crippen molar-refractivity contribution in [2.45, 2.75) is 36.5 Å². The summed E-state index contributed by atoms with van der Waals surface area (Å²) in [5.74, 6) is 1.31. The number of alkyl halides is 3. The number of likely N-dealkylation sites (tertiary alicyclic amines) is 1. The second-order valence-corrected chi connectivity index (χ2v) is 9.47. The Balaban J connectivity index is 0.00000274. The van der Waals surface area contributed by atoms with Crippen molar-refractivity contribution < 1.29 is 13.2 Å². The Morgan fingerprint density at radius 3 is 2.68 bits per heavy atom. The standard InChI is InChI=1S/C23H23F3N6S.ClH/c1-2-33-18-5-3-4-14-6-8-17(28-20(14)18)22-30-29-19-9-7-15(12-32(19)22)21(23(24,25)26)31-11-10-16(27)13-31;/h3-9,12,16,21H,2,10-11,13,27H2,1H3;1H/t16?,21-;/m1./s1. The second kappa shape index (κ2) is 9.69. The van der Waals surface area contributed by atoms with Crippen LogP contribution >= 0.6 is 24.2 Å². The van der Waals surface area contributed by atoms with Crippen LogP contribution in [0.4, 0.5) is 13.2 Å². The van der Waals surface area contributed by atoms with Gasteiger partial charge in [-0.2, -0.15) is 13.2 Å². The number of thioether (sulfide) groups is 1. The summed E-state index contributed by atoms with van der Waals surface area (Å²) >= 11 is 1.69. The van der Waals surface area contributed by atoms with Gasteiger partial charge in [-0.05, 0) is 35.9 Å². The molecule has 1 saturated heterocycles. The number of para-hydroxylation sites is 1. The van der Waals surface area contributed by atoms with E-state index < -0.39 is 12.2 Å². The topological polar surface area (TPSA) is 72.3 Å². The Kier molecular flexibility index (Phi) is 7.04. The molecule has 2 atom stereocenters. The maximum atomic E-state index is 14.1. The zero-order valence-electron chi connectivity index (χ0n) is 18.4. The van der Waals surface area contributed by atoms with Crippen molar-refractivity contribution in [3.8, 4) is 11.5 Å². The maximum absolute atomic E-state index is 14.1. The van der Waals surface area contributed by atoms with Crippen LogP contribution in [-0.4, -0.2) is 55.5 Å². The Labute approximate surface area is 205 Å². The predicted octanol–water partition coefficient (Wildman–Crippen LogP) is 5.11. The molecule has 5 rings (SSSR count). The lowest BCUT2D eigenvalue weighted by Crippen LogP contribution is -2.38. The number of pyridine rings is 2. The van der Waals surface area contributed by atoms with Crippen molar-refractivity contribution in [3.05, 3.63) is 54.2 Å². The number of rotatable bonds is 5. The Hall–Kier alpha value is -2.40. The van der Waals surface area contributed by atoms with E-state index in [9.17, 15) is 13.2 Å². The van der Waals surface area contributed by atoms with Crippen molar-refractivity contribution in [2.24, 2.45) is 5.73 Å². The van der Waals surface area contributed by atoms with Gasteiger partial charge in [-0.15, -0.1) is 34.4 Å². The van der Waals surface area contributed by atoms with E-state index >= 15 is 0 Å². The molecule has 4 heterocycles. The molecule has 0 amide bonds. The minimum atomic E-state index is -4.43. The highest BCUT2D eigenvalue weighted by molar-refractivity contribution is 7.99. The van der Waals surface area contributed by atoms with Crippen molar-refractivity contribution in [3.63, 3.8) is 0 Å². The van der Waals surface area contributed by atoms with Gasteiger partial charge in [0.05, 0.1) is 5.52 Å². The molecule has 0 aliphatic carbocycles. The Morgan fingerprint density at radius 2 is 1.97 bits per heavy atom. The molecule has 1 aliphatic heterocycles. The van der Waals surface area contributed by atoms with E-state index in [4.69, 9.17) is 10.7 Å². The molecule has 4 aromatic rings. The molecule has 6 nitrogen and oxygen atoms in total. The number of fused-ring (bicyclic) bond motifs is 2. The highest BCUT2D eigenvalue weighted by atomic mass is 35.5. The van der Waals surface area contributed by atoms with Crippen molar-refractivity contribution in [1.82, 2.24) is 24.5 Å². The monoisotopic (exact) mass is 508 g/mol. The van der Waals surface area contributed by atoms with Gasteiger partial charge in [-0.25, -0.2) is 4.98 Å². The molecule has 0 spiro atoms. The van der Waals surface area contributed by atoms with Crippen molar-refractivity contribution >= 4 is 40.7 Å². The maximum Gasteiger partial charge on any atom is 0.408 e. The molecule has 3 aromatic heterocycles. The van der Waals surface area contributed by atoms with E-state index in [2.05, 4.69) is 17.1 Å². The molecule has 1 unspecified atom stereocenters. The van der Waals surface area contributed by atoms with Crippen LogP contribution in [0.2, 0.25) is 0 Å². The van der Waals surface area contributed by atoms with Gasteiger partial charge in [-0.1, -0.05) is 31.2 Å². The molecule has 0 radical (unpaired) electrons. The van der Waals surface area contributed by atoms with Gasteiger partial charge in [0.2, 0.25) is 0 Å². The van der Waals surface area contributed by atoms with Gasteiger partial charge in [0.1, 0.15) is 11.7 Å². The summed E-state index contributed by atoms with van der Waals surface area (Å²) in [7, 11) is 0. The third-order valence-electron chi connectivity index (χ3n) is 5.88. The van der Waals surface area contributed by atoms with Crippen LogP contribution in [-0.2, 0) is 0 Å². The summed E-state index contributed by atoms with van der Waals surface area (Å²) in [4.78, 5) is 7.25. The number of nitrogens with two attached hydrogens (primary N) is 1. The van der Waals surface area contributed by atoms with Gasteiger partial charge in [0.25, 0.3) is 0 Å². The first-order valence-electron chi connectivity index (χ1n) is 10.8. The smallest absolute Gasteiger partial charge is 0.326 e. The number of nitrogens with zero attached hydrogens (tertiary/aromatic N) is 5. The lowest BCUT2D eigenvalue weighted by atomic mass is 10.1. The van der Waals surface area contributed by atoms with Gasteiger partial charge in [-0.3, -0.25) is 9.30 Å². The van der Waals surface area contributed by atoms with Crippen LogP contribution in [0.1, 0.15) is 24.9 Å². The lowest BCUT2D eigenvalue weighted by Gasteiger charge is -2.30. The zero-order chi connectivity index (χ0) is 23.2. The van der Waals surface area contributed by atoms with Crippen LogP contribution in [0.25, 0.3) is 28.1 Å². The fourth-order valence-corrected chi connectivity index (χ4v) is 5.20. The first-order chi connectivity index (χ1) is 15.8. The fourth-order valence-electron chi connectivity index (χ4n) is 4.42. The quantitative estimate of drug-likeness (QED) is 0.377. The first-order valence-corrected chi connectivity index (χ1v) is 11.8. The largest absolute Gasteiger partial charge is 0.408 e. The van der Waals surface area contributed by atoms with E-state index in [0.29, 0.717) is 30.1 Å². The van der Waals surface area contributed by atoms with E-state index in [-0.39, 0.29) is 30.6 Å². The second-order valence-electron chi connectivity index (χ2n) is 8.16. The zero-order valence-corrected chi connectivity index (χ0v) is 20.0. The van der Waals surface area contributed by atoms with Crippen LogP contribution in [0.15, 0.2) is 53.6 Å². The number of hydrogen-bond acceptors (Lipinski definition) is 6. The van der Waals surface area contributed by atoms with Crippen LogP contribution in [0, 0.1) is 0 Å². The molecule has 180 valence electrons. The van der Waals surface area contributed by atoms with Gasteiger partial charge in [0.15, 0.2) is 11.5 Å². The summed E-state index contributed by atoms with van der Waals surface area (Å²) in [5, 5.41) is 9.40. The molecular weight excluding hydrogens is 485 g/mol. The first kappa shape index (κ1) is 24.7. The molecule has 0 bridgehead atoms. The van der Waals surface area contributed by atoms with Crippen LogP contribution < -0.4 is 5.73 Å². The summed E-state index contributed by atoms with van der Waals surface area (Å²) in [6.45, 7) is 2.59. The fraction of sp³-hybridized carbons (Fsp3) is 0.348. The summed E-state index contributed by atoms with van der Waals surface area (Å²) < 4.78 is 43.9. The summed E-state index contributed by atoms with van der Waals surface area (Å²) in [6, 6.07) is 10.8. The number of aromatic nitrogens is 4. The van der Waals surface area contributed by atoms with Gasteiger partial charge < -0.3 is 5.73 Å². The minimum Gasteiger partial charge on any atom is -0.326 e. The SMILES string of the molecule is CCSc1cccc2ccc(-c3nnc4ccc([C@@H](N5CCC(N)C5)C(F)(F)F)cn34)nc12.Cl. The molecule has 1 aliphatic rings. The highest BCUT2D eigenvalue weighted by Gasteiger charge is 2.46. The molecular formula is C23H24ClF3N6S. The van der Waals surface area contributed by atoms with Crippen molar-refractivity contribution in [1.29, 1.82) is 0 Å². The van der Waals surface area contributed by atoms with E-state index in [1.54, 1.807) is 22.2 Å². The average molecular weight is 509 g/mol. The number of halogens is 4. The number of benzene rings is 1.